The average molecular weight is 381 g/mol. The molecular weight excluding hydrogens is 358 g/mol. The van der Waals surface area contributed by atoms with E-state index in [4.69, 9.17) is 13.9 Å². The number of esters is 1. The zero-order valence-electron chi connectivity index (χ0n) is 16.3. The molecule has 6 heteroatoms. The van der Waals surface area contributed by atoms with Crippen molar-refractivity contribution in [3.05, 3.63) is 69.3 Å². The Morgan fingerprint density at radius 1 is 1.11 bits per heavy atom. The third kappa shape index (κ3) is 4.22. The van der Waals surface area contributed by atoms with Crippen LogP contribution >= 0.6 is 0 Å². The van der Waals surface area contributed by atoms with Crippen molar-refractivity contribution in [2.45, 2.75) is 40.2 Å². The van der Waals surface area contributed by atoms with Gasteiger partial charge in [0.1, 0.15) is 17.9 Å². The minimum atomic E-state index is -0.427. The van der Waals surface area contributed by atoms with Gasteiger partial charge >= 0.3 is 11.6 Å². The van der Waals surface area contributed by atoms with Gasteiger partial charge in [0, 0.05) is 35.3 Å². The summed E-state index contributed by atoms with van der Waals surface area (Å²) in [6.07, 6.45) is 3.87. The summed E-state index contributed by atoms with van der Waals surface area (Å²) in [5.74, 6) is 0.337. The quantitative estimate of drug-likeness (QED) is 0.456. The highest BCUT2D eigenvalue weighted by Gasteiger charge is 2.16. The summed E-state index contributed by atoms with van der Waals surface area (Å²) in [6, 6.07) is 7.53. The normalized spacial score (nSPS) is 10.8. The summed E-state index contributed by atoms with van der Waals surface area (Å²) >= 11 is 0. The Morgan fingerprint density at radius 3 is 2.57 bits per heavy atom. The number of nitrogens with zero attached hydrogens (tertiary/aromatic N) is 1. The Bertz CT molecular complexity index is 1040. The lowest BCUT2D eigenvalue weighted by molar-refractivity contribution is -0.143. The van der Waals surface area contributed by atoms with E-state index in [0.29, 0.717) is 36.5 Å². The zero-order valence-corrected chi connectivity index (χ0v) is 16.3. The average Bonchev–Trinajstić information content (AvgIpc) is 2.69. The van der Waals surface area contributed by atoms with Gasteiger partial charge in [0.25, 0.3) is 0 Å². The van der Waals surface area contributed by atoms with Crippen LogP contribution in [0.15, 0.2) is 45.9 Å². The topological polar surface area (TPSA) is 78.6 Å². The molecule has 1 aromatic carbocycles. The van der Waals surface area contributed by atoms with Gasteiger partial charge in [0.05, 0.1) is 6.61 Å². The number of benzene rings is 1. The first kappa shape index (κ1) is 19.6. The second kappa shape index (κ2) is 8.69. The Morgan fingerprint density at radius 2 is 1.86 bits per heavy atom. The molecular formula is C22H23NO5. The first-order chi connectivity index (χ1) is 13.5. The fourth-order valence-corrected chi connectivity index (χ4v) is 3.12. The molecule has 0 unspecified atom stereocenters. The summed E-state index contributed by atoms with van der Waals surface area (Å²) in [7, 11) is 0. The lowest BCUT2D eigenvalue weighted by atomic mass is 10.0. The van der Waals surface area contributed by atoms with Gasteiger partial charge in [0.15, 0.2) is 0 Å². The molecule has 0 fully saturated rings. The van der Waals surface area contributed by atoms with Crippen molar-refractivity contribution in [1.29, 1.82) is 0 Å². The van der Waals surface area contributed by atoms with Crippen LogP contribution in [0.3, 0.4) is 0 Å². The first-order valence-corrected chi connectivity index (χ1v) is 9.24. The number of aryl methyl sites for hydroxylation is 2. The van der Waals surface area contributed by atoms with Gasteiger partial charge < -0.3 is 13.9 Å². The summed E-state index contributed by atoms with van der Waals surface area (Å²) in [6.45, 7) is 6.22. The summed E-state index contributed by atoms with van der Waals surface area (Å²) in [5.41, 5.74) is 3.17. The molecule has 0 aliphatic rings. The number of hydrogen-bond acceptors (Lipinski definition) is 6. The van der Waals surface area contributed by atoms with Crippen LogP contribution in [0.2, 0.25) is 0 Å². The highest BCUT2D eigenvalue weighted by Crippen LogP contribution is 2.30. The van der Waals surface area contributed by atoms with E-state index in [-0.39, 0.29) is 12.4 Å². The number of ether oxygens (including phenoxy) is 2. The van der Waals surface area contributed by atoms with Gasteiger partial charge in [0.2, 0.25) is 0 Å². The predicted octanol–water partition coefficient (Wildman–Crippen LogP) is 3.88. The molecule has 0 spiro atoms. The molecule has 0 N–H and O–H groups in total. The van der Waals surface area contributed by atoms with Gasteiger partial charge in [-0.3, -0.25) is 9.78 Å². The number of hydrogen-bond donors (Lipinski definition) is 0. The molecule has 0 amide bonds. The number of carbonyl (C=O) groups is 1. The van der Waals surface area contributed by atoms with Crippen molar-refractivity contribution < 1.29 is 18.7 Å². The molecule has 0 aliphatic carbocycles. The van der Waals surface area contributed by atoms with Gasteiger partial charge in [-0.1, -0.05) is 0 Å². The van der Waals surface area contributed by atoms with Crippen LogP contribution < -0.4 is 10.4 Å². The van der Waals surface area contributed by atoms with E-state index in [1.165, 1.54) is 0 Å². The van der Waals surface area contributed by atoms with Gasteiger partial charge in [-0.05, 0) is 62.6 Å². The lowest BCUT2D eigenvalue weighted by Crippen LogP contribution is -2.14. The van der Waals surface area contributed by atoms with Crippen LogP contribution in [0.5, 0.6) is 5.75 Å². The second-order valence-corrected chi connectivity index (χ2v) is 6.51. The van der Waals surface area contributed by atoms with Crippen LogP contribution in [0.4, 0.5) is 0 Å². The van der Waals surface area contributed by atoms with Gasteiger partial charge in [-0.2, -0.15) is 0 Å². The van der Waals surface area contributed by atoms with Crippen molar-refractivity contribution in [3.8, 4) is 5.75 Å². The van der Waals surface area contributed by atoms with E-state index < -0.39 is 5.63 Å². The molecule has 3 rings (SSSR count). The monoisotopic (exact) mass is 381 g/mol. The molecule has 0 saturated carbocycles. The minimum absolute atomic E-state index is 0.150. The van der Waals surface area contributed by atoms with E-state index in [1.807, 2.05) is 38.1 Å². The molecule has 0 saturated heterocycles. The zero-order chi connectivity index (χ0) is 20.1. The summed E-state index contributed by atoms with van der Waals surface area (Å²) < 4.78 is 16.4. The van der Waals surface area contributed by atoms with E-state index in [2.05, 4.69) is 4.98 Å². The van der Waals surface area contributed by atoms with E-state index >= 15 is 0 Å². The number of aromatic nitrogens is 1. The van der Waals surface area contributed by atoms with Crippen LogP contribution in [0.25, 0.3) is 11.0 Å². The molecule has 3 aromatic rings. The fraction of sp³-hybridized carbons (Fsp3) is 0.318. The SMILES string of the molecule is CCOC(=O)CCc1c(C)c2ccc(OCc3ccncc3)c(C)c2oc1=O. The Kier molecular flexibility index (Phi) is 6.09. The Balaban J connectivity index is 1.88. The molecule has 146 valence electrons. The molecule has 0 aliphatic heterocycles. The maximum Gasteiger partial charge on any atom is 0.339 e. The van der Waals surface area contributed by atoms with E-state index in [1.54, 1.807) is 19.3 Å². The van der Waals surface area contributed by atoms with Crippen molar-refractivity contribution >= 4 is 16.9 Å². The van der Waals surface area contributed by atoms with Gasteiger partial charge in [-0.25, -0.2) is 4.79 Å². The fourth-order valence-electron chi connectivity index (χ4n) is 3.12. The summed E-state index contributed by atoms with van der Waals surface area (Å²) in [5, 5.41) is 0.840. The largest absolute Gasteiger partial charge is 0.488 e. The van der Waals surface area contributed by atoms with Crippen molar-refractivity contribution in [2.24, 2.45) is 0 Å². The van der Waals surface area contributed by atoms with Crippen LogP contribution in [-0.2, 0) is 22.6 Å². The van der Waals surface area contributed by atoms with Gasteiger partial charge in [-0.15, -0.1) is 0 Å². The summed E-state index contributed by atoms with van der Waals surface area (Å²) in [4.78, 5) is 28.1. The van der Waals surface area contributed by atoms with E-state index in [0.717, 1.165) is 22.1 Å². The standard InChI is InChI=1S/C22H23NO5/c1-4-26-20(24)8-6-18-14(2)17-5-7-19(15(3)21(17)28-22(18)25)27-13-16-9-11-23-12-10-16/h5,7,9-12H,4,6,8,13H2,1-3H3. The van der Waals surface area contributed by atoms with Crippen molar-refractivity contribution in [2.75, 3.05) is 6.61 Å². The van der Waals surface area contributed by atoms with Crippen LogP contribution in [-0.4, -0.2) is 17.6 Å². The Hall–Kier alpha value is -3.15. The van der Waals surface area contributed by atoms with Crippen molar-refractivity contribution in [1.82, 2.24) is 4.98 Å². The smallest absolute Gasteiger partial charge is 0.339 e. The van der Waals surface area contributed by atoms with E-state index in [9.17, 15) is 9.59 Å². The molecule has 0 atom stereocenters. The maximum atomic E-state index is 12.5. The predicted molar refractivity (Wildman–Crippen MR) is 105 cm³/mol. The van der Waals surface area contributed by atoms with Crippen LogP contribution in [0, 0.1) is 13.8 Å². The molecule has 2 heterocycles. The second-order valence-electron chi connectivity index (χ2n) is 6.51. The molecule has 2 aromatic heterocycles. The molecule has 0 radical (unpaired) electrons. The number of carbonyl (C=O) groups excluding carboxylic acids is 1. The number of pyridine rings is 1. The first-order valence-electron chi connectivity index (χ1n) is 9.24. The van der Waals surface area contributed by atoms with Crippen LogP contribution in [0.1, 0.15) is 35.6 Å². The number of rotatable bonds is 7. The van der Waals surface area contributed by atoms with Crippen molar-refractivity contribution in [3.63, 3.8) is 0 Å². The lowest BCUT2D eigenvalue weighted by Gasteiger charge is -2.13. The maximum absolute atomic E-state index is 12.5. The molecule has 28 heavy (non-hydrogen) atoms. The third-order valence-electron chi connectivity index (χ3n) is 4.68. The third-order valence-corrected chi connectivity index (χ3v) is 4.68. The minimum Gasteiger partial charge on any atom is -0.488 e. The molecule has 6 nitrogen and oxygen atoms in total. The highest BCUT2D eigenvalue weighted by atomic mass is 16.5. The Labute approximate surface area is 163 Å². The molecule has 0 bridgehead atoms. The number of fused-ring (bicyclic) bond motifs is 1. The highest BCUT2D eigenvalue weighted by molar-refractivity contribution is 5.85.